The van der Waals surface area contributed by atoms with Crippen LogP contribution in [0.15, 0.2) is 60.0 Å². The third-order valence-electron chi connectivity index (χ3n) is 4.59. The van der Waals surface area contributed by atoms with Crippen LogP contribution >= 0.6 is 0 Å². The maximum atomic E-state index is 14.6. The van der Waals surface area contributed by atoms with Gasteiger partial charge < -0.3 is 15.2 Å². The Morgan fingerprint density at radius 1 is 1.29 bits per heavy atom. The SMILES string of the molecule is CCOc1cccc(-c2[nH]nc3c2C(c2ccccc2F)C(C#N)=C(N)O3)c1. The van der Waals surface area contributed by atoms with Crippen molar-refractivity contribution in [2.45, 2.75) is 12.8 Å². The Morgan fingerprint density at radius 3 is 2.86 bits per heavy atom. The summed E-state index contributed by atoms with van der Waals surface area (Å²) in [6.07, 6.45) is 0. The maximum Gasteiger partial charge on any atom is 0.244 e. The van der Waals surface area contributed by atoms with E-state index in [0.29, 0.717) is 29.2 Å². The zero-order valence-electron chi connectivity index (χ0n) is 15.1. The number of nitrogens with zero attached hydrogens (tertiary/aromatic N) is 2. The minimum absolute atomic E-state index is 0.0793. The molecule has 140 valence electrons. The van der Waals surface area contributed by atoms with E-state index >= 15 is 0 Å². The summed E-state index contributed by atoms with van der Waals surface area (Å²) in [4.78, 5) is 0. The zero-order valence-corrected chi connectivity index (χ0v) is 15.1. The Balaban J connectivity index is 1.93. The Labute approximate surface area is 161 Å². The number of aromatic nitrogens is 2. The number of rotatable bonds is 4. The molecule has 0 spiro atoms. The lowest BCUT2D eigenvalue weighted by molar-refractivity contribution is 0.340. The molecule has 2 heterocycles. The number of nitrogens with two attached hydrogens (primary N) is 1. The van der Waals surface area contributed by atoms with Crippen LogP contribution in [-0.4, -0.2) is 16.8 Å². The van der Waals surface area contributed by atoms with Gasteiger partial charge in [0.1, 0.15) is 23.2 Å². The first-order valence-corrected chi connectivity index (χ1v) is 8.77. The van der Waals surface area contributed by atoms with Gasteiger partial charge in [-0.05, 0) is 25.1 Å². The molecule has 3 aromatic rings. The van der Waals surface area contributed by atoms with E-state index in [1.807, 2.05) is 31.2 Å². The quantitative estimate of drug-likeness (QED) is 0.721. The zero-order chi connectivity index (χ0) is 19.7. The topological polar surface area (TPSA) is 97.0 Å². The second-order valence-electron chi connectivity index (χ2n) is 6.22. The molecule has 6 nitrogen and oxygen atoms in total. The third kappa shape index (κ3) is 2.85. The number of allylic oxidation sites excluding steroid dienone is 1. The summed E-state index contributed by atoms with van der Waals surface area (Å²) < 4.78 is 25.8. The number of aromatic amines is 1. The highest BCUT2D eigenvalue weighted by molar-refractivity contribution is 5.71. The van der Waals surface area contributed by atoms with E-state index in [-0.39, 0.29) is 17.3 Å². The number of nitrogens with one attached hydrogen (secondary N) is 1. The van der Waals surface area contributed by atoms with Crippen LogP contribution in [0.3, 0.4) is 0 Å². The summed E-state index contributed by atoms with van der Waals surface area (Å²) in [5.74, 6) is -0.334. The molecule has 1 aliphatic heterocycles. The Hall–Kier alpha value is -3.79. The molecular weight excluding hydrogens is 359 g/mol. The number of fused-ring (bicyclic) bond motifs is 1. The lowest BCUT2D eigenvalue weighted by Crippen LogP contribution is -2.21. The van der Waals surface area contributed by atoms with Crippen molar-refractivity contribution in [1.82, 2.24) is 10.2 Å². The predicted octanol–water partition coefficient (Wildman–Crippen LogP) is 3.83. The van der Waals surface area contributed by atoms with Crippen LogP contribution in [0.25, 0.3) is 11.3 Å². The van der Waals surface area contributed by atoms with E-state index in [9.17, 15) is 9.65 Å². The Kier molecular flexibility index (Phi) is 4.45. The van der Waals surface area contributed by atoms with Gasteiger partial charge in [-0.2, -0.15) is 5.26 Å². The number of hydrogen-bond donors (Lipinski definition) is 2. The fourth-order valence-corrected chi connectivity index (χ4v) is 3.39. The molecule has 0 aliphatic carbocycles. The summed E-state index contributed by atoms with van der Waals surface area (Å²) in [5.41, 5.74) is 8.36. The minimum atomic E-state index is -0.737. The molecular formula is C21H17FN4O2. The van der Waals surface area contributed by atoms with Gasteiger partial charge in [0.05, 0.1) is 23.8 Å². The average Bonchev–Trinajstić information content (AvgIpc) is 3.11. The van der Waals surface area contributed by atoms with Crippen LogP contribution in [0, 0.1) is 17.1 Å². The van der Waals surface area contributed by atoms with Gasteiger partial charge in [0, 0.05) is 11.1 Å². The summed E-state index contributed by atoms with van der Waals surface area (Å²) in [5, 5.41) is 16.8. The number of nitriles is 1. The van der Waals surface area contributed by atoms with Gasteiger partial charge in [0.2, 0.25) is 11.8 Å². The van der Waals surface area contributed by atoms with E-state index in [1.54, 1.807) is 18.2 Å². The van der Waals surface area contributed by atoms with Crippen molar-refractivity contribution in [2.75, 3.05) is 6.61 Å². The number of benzene rings is 2. The molecule has 1 unspecified atom stereocenters. The van der Waals surface area contributed by atoms with Crippen LogP contribution in [0.1, 0.15) is 24.0 Å². The van der Waals surface area contributed by atoms with Crippen molar-refractivity contribution >= 4 is 0 Å². The highest BCUT2D eigenvalue weighted by Gasteiger charge is 2.36. The highest BCUT2D eigenvalue weighted by atomic mass is 19.1. The van der Waals surface area contributed by atoms with Gasteiger partial charge in [0.25, 0.3) is 0 Å². The Bertz CT molecular complexity index is 1110. The molecule has 0 saturated heterocycles. The van der Waals surface area contributed by atoms with Gasteiger partial charge in [-0.1, -0.05) is 30.3 Å². The van der Waals surface area contributed by atoms with E-state index in [0.717, 1.165) is 5.56 Å². The normalized spacial score (nSPS) is 15.5. The van der Waals surface area contributed by atoms with Crippen molar-refractivity contribution in [1.29, 1.82) is 5.26 Å². The standard InChI is InChI=1S/C21H17FN4O2/c1-2-27-13-7-5-6-12(10-13)19-18-17(14-8-3-4-9-16(14)22)15(11-23)20(24)28-21(18)26-25-19/h3-10,17H,2,24H2,1H3,(H,25,26). The van der Waals surface area contributed by atoms with Crippen LogP contribution in [-0.2, 0) is 0 Å². The second-order valence-corrected chi connectivity index (χ2v) is 6.22. The van der Waals surface area contributed by atoms with E-state index in [1.165, 1.54) is 6.07 Å². The molecule has 1 atom stereocenters. The van der Waals surface area contributed by atoms with Crippen molar-refractivity contribution in [3.8, 4) is 29.0 Å². The van der Waals surface area contributed by atoms with Crippen LogP contribution in [0.4, 0.5) is 4.39 Å². The summed E-state index contributed by atoms with van der Waals surface area (Å²) in [7, 11) is 0. The van der Waals surface area contributed by atoms with Gasteiger partial charge in [-0.15, -0.1) is 5.10 Å². The maximum absolute atomic E-state index is 14.6. The lowest BCUT2D eigenvalue weighted by Gasteiger charge is -2.24. The molecule has 2 aromatic carbocycles. The van der Waals surface area contributed by atoms with Crippen molar-refractivity contribution in [3.05, 3.63) is 76.9 Å². The largest absolute Gasteiger partial charge is 0.494 e. The van der Waals surface area contributed by atoms with Gasteiger partial charge in [0.15, 0.2) is 0 Å². The number of hydrogen-bond acceptors (Lipinski definition) is 5. The fraction of sp³-hybridized carbons (Fsp3) is 0.143. The van der Waals surface area contributed by atoms with E-state index in [4.69, 9.17) is 15.2 Å². The molecule has 1 aliphatic rings. The number of H-pyrrole nitrogens is 1. The van der Waals surface area contributed by atoms with Crippen molar-refractivity contribution in [2.24, 2.45) is 5.73 Å². The van der Waals surface area contributed by atoms with Gasteiger partial charge in [-0.25, -0.2) is 4.39 Å². The first-order chi connectivity index (χ1) is 13.6. The van der Waals surface area contributed by atoms with Crippen molar-refractivity contribution < 1.29 is 13.9 Å². The molecule has 0 radical (unpaired) electrons. The van der Waals surface area contributed by atoms with Crippen molar-refractivity contribution in [3.63, 3.8) is 0 Å². The number of halogens is 1. The summed E-state index contributed by atoms with van der Waals surface area (Å²) >= 11 is 0. The first kappa shape index (κ1) is 17.6. The molecule has 1 aromatic heterocycles. The van der Waals surface area contributed by atoms with E-state index < -0.39 is 11.7 Å². The molecule has 0 bridgehead atoms. The molecule has 4 rings (SSSR count). The fourth-order valence-electron chi connectivity index (χ4n) is 3.39. The Morgan fingerprint density at radius 2 is 2.11 bits per heavy atom. The predicted molar refractivity (Wildman–Crippen MR) is 101 cm³/mol. The molecule has 0 amide bonds. The third-order valence-corrected chi connectivity index (χ3v) is 4.59. The second kappa shape index (κ2) is 7.08. The molecule has 3 N–H and O–H groups in total. The van der Waals surface area contributed by atoms with E-state index in [2.05, 4.69) is 16.3 Å². The highest BCUT2D eigenvalue weighted by Crippen LogP contribution is 2.46. The lowest BCUT2D eigenvalue weighted by atomic mass is 9.83. The van der Waals surface area contributed by atoms with Crippen LogP contribution < -0.4 is 15.2 Å². The monoisotopic (exact) mass is 376 g/mol. The van der Waals surface area contributed by atoms with Gasteiger partial charge in [-0.3, -0.25) is 5.10 Å². The number of ether oxygens (including phenoxy) is 2. The summed E-state index contributed by atoms with van der Waals surface area (Å²) in [6, 6.07) is 15.8. The van der Waals surface area contributed by atoms with Crippen LogP contribution in [0.5, 0.6) is 11.6 Å². The molecule has 7 heteroatoms. The molecule has 28 heavy (non-hydrogen) atoms. The minimum Gasteiger partial charge on any atom is -0.494 e. The molecule has 0 saturated carbocycles. The smallest absolute Gasteiger partial charge is 0.244 e. The van der Waals surface area contributed by atoms with Crippen LogP contribution in [0.2, 0.25) is 0 Å². The molecule has 0 fully saturated rings. The summed E-state index contributed by atoms with van der Waals surface area (Å²) in [6.45, 7) is 2.43. The first-order valence-electron chi connectivity index (χ1n) is 8.77. The van der Waals surface area contributed by atoms with Gasteiger partial charge >= 0.3 is 0 Å². The average molecular weight is 376 g/mol.